The molecule has 5 heteroatoms. The van der Waals surface area contributed by atoms with Crippen LogP contribution in [0.15, 0.2) is 67.0 Å². The van der Waals surface area contributed by atoms with Gasteiger partial charge >= 0.3 is 0 Å². The van der Waals surface area contributed by atoms with Crippen LogP contribution in [0.2, 0.25) is 0 Å². The number of allylic oxidation sites excluding steroid dienone is 1. The molecule has 5 nitrogen and oxygen atoms in total. The van der Waals surface area contributed by atoms with E-state index in [-0.39, 0.29) is 11.8 Å². The Balaban J connectivity index is 1.72. The first-order valence-corrected chi connectivity index (χ1v) is 9.18. The van der Waals surface area contributed by atoms with Crippen molar-refractivity contribution in [1.82, 2.24) is 9.78 Å². The molecule has 0 amide bonds. The molecule has 0 saturated heterocycles. The zero-order valence-corrected chi connectivity index (χ0v) is 16.3. The second-order valence-electron chi connectivity index (χ2n) is 6.68. The lowest BCUT2D eigenvalue weighted by Crippen LogP contribution is -2.00. The first kappa shape index (κ1) is 19.4. The van der Waals surface area contributed by atoms with E-state index in [1.807, 2.05) is 62.4 Å². The van der Waals surface area contributed by atoms with Crippen molar-refractivity contribution in [3.8, 4) is 11.5 Å². The summed E-state index contributed by atoms with van der Waals surface area (Å²) in [6, 6.07) is 15.7. The summed E-state index contributed by atoms with van der Waals surface area (Å²) in [4.78, 5) is 12.4. The van der Waals surface area contributed by atoms with Crippen LogP contribution in [0, 0.1) is 0 Å². The van der Waals surface area contributed by atoms with Gasteiger partial charge in [0.05, 0.1) is 18.9 Å². The number of hydrogen-bond acceptors (Lipinski definition) is 4. The van der Waals surface area contributed by atoms with Gasteiger partial charge in [0.2, 0.25) is 0 Å². The fourth-order valence-corrected chi connectivity index (χ4v) is 2.66. The third kappa shape index (κ3) is 4.88. The number of carbonyl (C=O) groups excluding carboxylic acids is 1. The molecule has 0 aliphatic rings. The molecule has 0 aliphatic heterocycles. The lowest BCUT2D eigenvalue weighted by Gasteiger charge is -2.11. The molecule has 0 spiro atoms. The lowest BCUT2D eigenvalue weighted by atomic mass is 10.1. The summed E-state index contributed by atoms with van der Waals surface area (Å²) in [6.07, 6.45) is 6.67. The van der Waals surface area contributed by atoms with Crippen molar-refractivity contribution in [3.63, 3.8) is 0 Å². The molecule has 0 atom stereocenters. The Morgan fingerprint density at radius 1 is 1.14 bits per heavy atom. The molecule has 0 radical (unpaired) electrons. The van der Waals surface area contributed by atoms with Gasteiger partial charge in [-0.2, -0.15) is 5.10 Å². The van der Waals surface area contributed by atoms with E-state index in [1.54, 1.807) is 36.3 Å². The van der Waals surface area contributed by atoms with Crippen LogP contribution in [0.4, 0.5) is 0 Å². The van der Waals surface area contributed by atoms with Crippen LogP contribution in [0.5, 0.6) is 11.5 Å². The Morgan fingerprint density at radius 2 is 1.93 bits per heavy atom. The quantitative estimate of drug-likeness (QED) is 0.412. The van der Waals surface area contributed by atoms with Crippen molar-refractivity contribution in [2.75, 3.05) is 7.11 Å². The topological polar surface area (TPSA) is 53.3 Å². The molecular formula is C23H24N2O3. The van der Waals surface area contributed by atoms with Crippen LogP contribution in [0.3, 0.4) is 0 Å². The minimum atomic E-state index is -0.0885. The van der Waals surface area contributed by atoms with Crippen molar-refractivity contribution < 1.29 is 14.3 Å². The number of nitrogens with zero attached hydrogens (tertiary/aromatic N) is 2. The van der Waals surface area contributed by atoms with Crippen LogP contribution >= 0.6 is 0 Å². The van der Waals surface area contributed by atoms with E-state index >= 15 is 0 Å². The van der Waals surface area contributed by atoms with E-state index in [0.29, 0.717) is 23.7 Å². The van der Waals surface area contributed by atoms with Gasteiger partial charge in [0, 0.05) is 12.2 Å². The van der Waals surface area contributed by atoms with Crippen LogP contribution in [-0.2, 0) is 6.61 Å². The Labute approximate surface area is 165 Å². The highest BCUT2D eigenvalue weighted by molar-refractivity contribution is 6.06. The van der Waals surface area contributed by atoms with Crippen LogP contribution < -0.4 is 9.47 Å². The smallest absolute Gasteiger partial charge is 0.189 e. The first-order valence-electron chi connectivity index (χ1n) is 9.18. The maximum atomic E-state index is 12.4. The molecule has 2 aromatic carbocycles. The van der Waals surface area contributed by atoms with E-state index in [9.17, 15) is 4.79 Å². The number of rotatable bonds is 8. The third-order valence-corrected chi connectivity index (χ3v) is 4.27. The van der Waals surface area contributed by atoms with Gasteiger partial charge in [-0.15, -0.1) is 0 Å². The van der Waals surface area contributed by atoms with E-state index in [1.165, 1.54) is 0 Å². The molecule has 0 aliphatic carbocycles. The molecule has 0 unspecified atom stereocenters. The zero-order chi connectivity index (χ0) is 19.9. The summed E-state index contributed by atoms with van der Waals surface area (Å²) >= 11 is 0. The molecule has 3 rings (SSSR count). The average molecular weight is 376 g/mol. The second-order valence-corrected chi connectivity index (χ2v) is 6.68. The first-order chi connectivity index (χ1) is 13.6. The predicted octanol–water partition coefficient (Wildman–Crippen LogP) is 4.95. The number of carbonyl (C=O) groups is 1. The molecule has 28 heavy (non-hydrogen) atoms. The van der Waals surface area contributed by atoms with Crippen molar-refractivity contribution >= 4 is 11.9 Å². The summed E-state index contributed by atoms with van der Waals surface area (Å²) < 4.78 is 13.1. The van der Waals surface area contributed by atoms with Crippen LogP contribution in [0.25, 0.3) is 6.08 Å². The number of hydrogen-bond donors (Lipinski definition) is 0. The number of methoxy groups -OCH3 is 1. The highest BCUT2D eigenvalue weighted by Crippen LogP contribution is 2.29. The van der Waals surface area contributed by atoms with Crippen molar-refractivity contribution in [3.05, 3.63) is 83.7 Å². The second kappa shape index (κ2) is 9.04. The minimum Gasteiger partial charge on any atom is -0.493 e. The SMILES string of the molecule is COc1ccc(/C=C/C(=O)c2cnn(C(C)C)c2)cc1OCc1ccccc1. The largest absolute Gasteiger partial charge is 0.493 e. The predicted molar refractivity (Wildman–Crippen MR) is 110 cm³/mol. The highest BCUT2D eigenvalue weighted by atomic mass is 16.5. The Hall–Kier alpha value is -3.34. The fourth-order valence-electron chi connectivity index (χ4n) is 2.66. The van der Waals surface area contributed by atoms with Crippen LogP contribution in [-0.4, -0.2) is 22.7 Å². The van der Waals surface area contributed by atoms with Gasteiger partial charge in [-0.3, -0.25) is 9.48 Å². The standard InChI is InChI=1S/C23H24N2O3/c1-17(2)25-15-20(14-24-25)21(26)11-9-18-10-12-22(27-3)23(13-18)28-16-19-7-5-4-6-8-19/h4-15,17H,16H2,1-3H3/b11-9+. The fraction of sp³-hybridized carbons (Fsp3) is 0.217. The van der Waals surface area contributed by atoms with Crippen molar-refractivity contribution in [1.29, 1.82) is 0 Å². The molecule has 0 bridgehead atoms. The average Bonchev–Trinajstić information content (AvgIpc) is 3.22. The maximum Gasteiger partial charge on any atom is 0.189 e. The van der Waals surface area contributed by atoms with E-state index < -0.39 is 0 Å². The van der Waals surface area contributed by atoms with Gasteiger partial charge in [-0.05, 0) is 43.2 Å². The monoisotopic (exact) mass is 376 g/mol. The lowest BCUT2D eigenvalue weighted by molar-refractivity contribution is 0.104. The van der Waals surface area contributed by atoms with Gasteiger partial charge in [-0.25, -0.2) is 0 Å². The Morgan fingerprint density at radius 3 is 2.61 bits per heavy atom. The summed E-state index contributed by atoms with van der Waals surface area (Å²) in [5.74, 6) is 1.20. The van der Waals surface area contributed by atoms with E-state index in [4.69, 9.17) is 9.47 Å². The molecular weight excluding hydrogens is 352 g/mol. The maximum absolute atomic E-state index is 12.4. The molecule has 1 aromatic heterocycles. The Bertz CT molecular complexity index is 959. The van der Waals surface area contributed by atoms with Gasteiger partial charge in [-0.1, -0.05) is 42.5 Å². The summed E-state index contributed by atoms with van der Waals surface area (Å²) in [7, 11) is 1.61. The summed E-state index contributed by atoms with van der Waals surface area (Å²) in [5, 5.41) is 4.21. The molecule has 0 N–H and O–H groups in total. The number of aromatic nitrogens is 2. The molecule has 1 heterocycles. The van der Waals surface area contributed by atoms with Crippen molar-refractivity contribution in [2.45, 2.75) is 26.5 Å². The molecule has 0 fully saturated rings. The summed E-state index contributed by atoms with van der Waals surface area (Å²) in [6.45, 7) is 4.48. The zero-order valence-electron chi connectivity index (χ0n) is 16.3. The van der Waals surface area contributed by atoms with Gasteiger partial charge in [0.1, 0.15) is 6.61 Å². The molecule has 0 saturated carbocycles. The summed E-state index contributed by atoms with van der Waals surface area (Å²) in [5.41, 5.74) is 2.50. The Kier molecular flexibility index (Phi) is 6.27. The number of benzene rings is 2. The highest BCUT2D eigenvalue weighted by Gasteiger charge is 2.08. The van der Waals surface area contributed by atoms with Gasteiger partial charge in [0.25, 0.3) is 0 Å². The van der Waals surface area contributed by atoms with Gasteiger partial charge in [0.15, 0.2) is 17.3 Å². The normalized spacial score (nSPS) is 11.1. The number of ether oxygens (including phenoxy) is 2. The van der Waals surface area contributed by atoms with Crippen LogP contribution in [0.1, 0.15) is 41.4 Å². The number of ketones is 1. The van der Waals surface area contributed by atoms with Crippen molar-refractivity contribution in [2.24, 2.45) is 0 Å². The van der Waals surface area contributed by atoms with E-state index in [0.717, 1.165) is 11.1 Å². The molecule has 3 aromatic rings. The third-order valence-electron chi connectivity index (χ3n) is 4.27. The van der Waals surface area contributed by atoms with E-state index in [2.05, 4.69) is 5.10 Å². The molecule has 144 valence electrons. The van der Waals surface area contributed by atoms with Gasteiger partial charge < -0.3 is 9.47 Å². The minimum absolute atomic E-state index is 0.0885.